The number of amides is 1. The average molecular weight is 360 g/mol. The number of allylic oxidation sites excluding steroid dienone is 3. The molecule has 0 heterocycles. The Hall–Kier alpha value is -2.40. The quantitative estimate of drug-likeness (QED) is 0.835. The number of nitrogens with one attached hydrogen (secondary N) is 1. The Balaban J connectivity index is 2.46. The minimum atomic E-state index is -0.398. The van der Waals surface area contributed by atoms with E-state index < -0.39 is 5.78 Å². The molecule has 0 aliphatic heterocycles. The van der Waals surface area contributed by atoms with Crippen LogP contribution in [0, 0.1) is 6.92 Å². The third-order valence-electron chi connectivity index (χ3n) is 4.09. The van der Waals surface area contributed by atoms with Gasteiger partial charge in [0.05, 0.1) is 22.1 Å². The van der Waals surface area contributed by atoms with Gasteiger partial charge >= 0.3 is 0 Å². The summed E-state index contributed by atoms with van der Waals surface area (Å²) in [7, 11) is 2.03. The number of hydrogen-bond donors (Lipinski definition) is 1. The van der Waals surface area contributed by atoms with Gasteiger partial charge in [-0.05, 0) is 56.2 Å². The Morgan fingerprint density at radius 2 is 2.00 bits per heavy atom. The molecule has 1 aromatic rings. The summed E-state index contributed by atoms with van der Waals surface area (Å²) in [5.74, 6) is -0.726. The van der Waals surface area contributed by atoms with Gasteiger partial charge < -0.3 is 10.2 Å². The first-order valence-electron chi connectivity index (χ1n) is 8.05. The zero-order chi connectivity index (χ0) is 18.7. The topological polar surface area (TPSA) is 61.8 Å². The molecule has 0 unspecified atom stereocenters. The second kappa shape index (κ2) is 7.66. The number of benzene rings is 1. The van der Waals surface area contributed by atoms with Gasteiger partial charge in [0.1, 0.15) is 0 Å². The highest BCUT2D eigenvalue weighted by Gasteiger charge is 2.24. The average Bonchev–Trinajstić information content (AvgIpc) is 2.57. The van der Waals surface area contributed by atoms with E-state index in [-0.39, 0.29) is 16.6 Å². The van der Waals surface area contributed by atoms with Crippen molar-refractivity contribution in [2.75, 3.05) is 18.5 Å². The molecule has 5 nitrogen and oxygen atoms in total. The van der Waals surface area contributed by atoms with E-state index in [1.54, 1.807) is 13.0 Å². The molecule has 0 atom stereocenters. The van der Waals surface area contributed by atoms with Crippen LogP contribution < -0.4 is 10.2 Å². The van der Waals surface area contributed by atoms with Crippen molar-refractivity contribution in [1.29, 1.82) is 0 Å². The molecule has 0 aromatic heterocycles. The maximum Gasteiger partial charge on any atom is 0.221 e. The lowest BCUT2D eigenvalue weighted by atomic mass is 10.0. The van der Waals surface area contributed by atoms with E-state index >= 15 is 0 Å². The lowest BCUT2D eigenvalue weighted by molar-refractivity contribution is -0.120. The molecule has 0 radical (unpaired) electrons. The van der Waals surface area contributed by atoms with Gasteiger partial charge in [-0.25, -0.2) is 4.99 Å². The van der Waals surface area contributed by atoms with Gasteiger partial charge in [-0.1, -0.05) is 11.6 Å². The molecule has 0 saturated carbocycles. The van der Waals surface area contributed by atoms with Crippen molar-refractivity contribution in [2.45, 2.75) is 27.7 Å². The number of carbonyl (C=O) groups is 2. The predicted molar refractivity (Wildman–Crippen MR) is 103 cm³/mol. The molecular weight excluding hydrogens is 338 g/mol. The van der Waals surface area contributed by atoms with Crippen molar-refractivity contribution in [3.8, 4) is 0 Å². The van der Waals surface area contributed by atoms with Crippen LogP contribution >= 0.6 is 11.6 Å². The van der Waals surface area contributed by atoms with Crippen LogP contribution in [0.3, 0.4) is 0 Å². The summed E-state index contributed by atoms with van der Waals surface area (Å²) >= 11 is 6.13. The van der Waals surface area contributed by atoms with Crippen LogP contribution in [0.4, 0.5) is 11.4 Å². The van der Waals surface area contributed by atoms with Gasteiger partial charge in [0, 0.05) is 26.2 Å². The zero-order valence-electron chi connectivity index (χ0n) is 15.1. The lowest BCUT2D eigenvalue weighted by Gasteiger charge is -2.18. The summed E-state index contributed by atoms with van der Waals surface area (Å²) in [6.07, 6.45) is 1.57. The monoisotopic (exact) mass is 359 g/mol. The number of aliphatic imine (C=N–C) groups is 1. The minimum Gasteiger partial charge on any atom is -0.375 e. The Morgan fingerprint density at radius 3 is 2.56 bits per heavy atom. The lowest BCUT2D eigenvalue weighted by Crippen LogP contribution is -2.29. The Morgan fingerprint density at radius 1 is 1.32 bits per heavy atom. The van der Waals surface area contributed by atoms with E-state index in [9.17, 15) is 9.59 Å². The number of anilines is 1. The van der Waals surface area contributed by atoms with E-state index in [0.29, 0.717) is 11.3 Å². The molecule has 25 heavy (non-hydrogen) atoms. The molecule has 132 valence electrons. The highest BCUT2D eigenvalue weighted by Crippen LogP contribution is 2.28. The van der Waals surface area contributed by atoms with Crippen LogP contribution in [0.25, 0.3) is 0 Å². The van der Waals surface area contributed by atoms with E-state index in [4.69, 9.17) is 11.6 Å². The minimum absolute atomic E-state index is 0.0741. The third-order valence-corrected chi connectivity index (χ3v) is 4.54. The molecule has 1 N–H and O–H groups in total. The van der Waals surface area contributed by atoms with Crippen molar-refractivity contribution in [2.24, 2.45) is 4.99 Å². The molecule has 0 fully saturated rings. The molecule has 2 rings (SSSR count). The molecule has 1 aliphatic carbocycles. The molecule has 0 bridgehead atoms. The first kappa shape index (κ1) is 18.9. The normalized spacial score (nSPS) is 16.2. The molecule has 1 amide bonds. The summed E-state index contributed by atoms with van der Waals surface area (Å²) in [4.78, 5) is 30.2. The standard InChI is InChI=1S/C19H22ClN3O2/c1-6-23(5)14-7-8-15(11(2)9-14)22-16-10-17(21-13(4)24)19(25)18(20)12(16)3/h7-10H,6H2,1-5H3,(H,21,24). The summed E-state index contributed by atoms with van der Waals surface area (Å²) in [6, 6.07) is 6.01. The number of hydrogen-bond acceptors (Lipinski definition) is 4. The van der Waals surface area contributed by atoms with Gasteiger partial charge in [-0.3, -0.25) is 9.59 Å². The smallest absolute Gasteiger partial charge is 0.221 e. The largest absolute Gasteiger partial charge is 0.375 e. The fourth-order valence-corrected chi connectivity index (χ4v) is 2.62. The number of nitrogens with zero attached hydrogens (tertiary/aromatic N) is 2. The second-order valence-corrected chi connectivity index (χ2v) is 6.37. The SMILES string of the molecule is CCN(C)c1ccc(N=C2C=C(NC(C)=O)C(=O)C(Cl)=C2C)c(C)c1. The fourth-order valence-electron chi connectivity index (χ4n) is 2.42. The van der Waals surface area contributed by atoms with E-state index in [1.807, 2.05) is 26.1 Å². The third kappa shape index (κ3) is 4.17. The molecule has 1 aliphatic rings. The van der Waals surface area contributed by atoms with Gasteiger partial charge in [0.25, 0.3) is 0 Å². The maximum atomic E-state index is 12.2. The van der Waals surface area contributed by atoms with Gasteiger partial charge in [0.15, 0.2) is 0 Å². The van der Waals surface area contributed by atoms with Gasteiger partial charge in [0.2, 0.25) is 11.7 Å². The Bertz CT molecular complexity index is 822. The Kier molecular flexibility index (Phi) is 5.80. The number of carbonyl (C=O) groups excluding carboxylic acids is 2. The van der Waals surface area contributed by atoms with Crippen molar-refractivity contribution >= 4 is 40.4 Å². The van der Waals surface area contributed by atoms with Crippen LogP contribution in [0.2, 0.25) is 0 Å². The summed E-state index contributed by atoms with van der Waals surface area (Å²) < 4.78 is 0. The molecule has 6 heteroatoms. The maximum absolute atomic E-state index is 12.2. The first-order valence-corrected chi connectivity index (χ1v) is 8.43. The van der Waals surface area contributed by atoms with E-state index in [0.717, 1.165) is 23.5 Å². The van der Waals surface area contributed by atoms with Crippen molar-refractivity contribution in [3.63, 3.8) is 0 Å². The number of Topliss-reactive ketones (excluding diaryl/α,β-unsaturated/α-hetero) is 1. The van der Waals surface area contributed by atoms with Crippen LogP contribution in [0.5, 0.6) is 0 Å². The van der Waals surface area contributed by atoms with Gasteiger partial charge in [-0.2, -0.15) is 0 Å². The van der Waals surface area contributed by atoms with Crippen LogP contribution in [-0.2, 0) is 9.59 Å². The molecule has 1 aromatic carbocycles. The van der Waals surface area contributed by atoms with Crippen molar-refractivity contribution in [3.05, 3.63) is 46.1 Å². The van der Waals surface area contributed by atoms with E-state index in [1.165, 1.54) is 6.92 Å². The number of rotatable bonds is 4. The zero-order valence-corrected chi connectivity index (χ0v) is 15.9. The van der Waals surface area contributed by atoms with Gasteiger partial charge in [-0.15, -0.1) is 0 Å². The summed E-state index contributed by atoms with van der Waals surface area (Å²) in [6.45, 7) is 8.08. The van der Waals surface area contributed by atoms with Crippen LogP contribution in [0.15, 0.2) is 45.6 Å². The van der Waals surface area contributed by atoms with Crippen molar-refractivity contribution in [1.82, 2.24) is 5.32 Å². The van der Waals surface area contributed by atoms with Crippen LogP contribution in [0.1, 0.15) is 26.3 Å². The number of halogens is 1. The highest BCUT2D eigenvalue weighted by atomic mass is 35.5. The fraction of sp³-hybridized carbons (Fsp3) is 0.316. The molecular formula is C19H22ClN3O2. The molecule has 0 spiro atoms. The second-order valence-electron chi connectivity index (χ2n) is 5.99. The van der Waals surface area contributed by atoms with Crippen LogP contribution in [-0.4, -0.2) is 31.0 Å². The highest BCUT2D eigenvalue weighted by molar-refractivity contribution is 6.49. The number of aryl methyl sites for hydroxylation is 1. The predicted octanol–water partition coefficient (Wildman–Crippen LogP) is 3.64. The molecule has 0 saturated heterocycles. The van der Waals surface area contributed by atoms with Crippen molar-refractivity contribution < 1.29 is 9.59 Å². The number of ketones is 1. The summed E-state index contributed by atoms with van der Waals surface area (Å²) in [5.41, 5.74) is 4.22. The Labute approximate surface area is 153 Å². The summed E-state index contributed by atoms with van der Waals surface area (Å²) in [5, 5.41) is 2.59. The first-order chi connectivity index (χ1) is 11.7. The van der Waals surface area contributed by atoms with E-state index in [2.05, 4.69) is 28.2 Å².